The number of hydrogen-bond donors (Lipinski definition) is 0. The van der Waals surface area contributed by atoms with Crippen molar-refractivity contribution < 1.29 is 8.42 Å². The van der Waals surface area contributed by atoms with Crippen molar-refractivity contribution in [3.63, 3.8) is 0 Å². The van der Waals surface area contributed by atoms with E-state index in [1.807, 2.05) is 0 Å². The van der Waals surface area contributed by atoms with E-state index in [2.05, 4.69) is 0 Å². The molecule has 0 N–H and O–H groups in total. The highest BCUT2D eigenvalue weighted by Crippen LogP contribution is 2.18. The van der Waals surface area contributed by atoms with Gasteiger partial charge in [0, 0.05) is 11.3 Å². The molecule has 1 aliphatic carbocycles. The fourth-order valence-corrected chi connectivity index (χ4v) is 1.86. The monoisotopic (exact) mass is 192 g/mol. The van der Waals surface area contributed by atoms with E-state index >= 15 is 0 Å². The Bertz CT molecular complexity index is 300. The van der Waals surface area contributed by atoms with Crippen LogP contribution in [0.15, 0.2) is 23.3 Å². The second-order valence-corrected chi connectivity index (χ2v) is 5.25. The van der Waals surface area contributed by atoms with Crippen molar-refractivity contribution in [1.82, 2.24) is 0 Å². The molecular weight excluding hydrogens is 184 g/mol. The summed E-state index contributed by atoms with van der Waals surface area (Å²) in [6.45, 7) is 0. The molecule has 11 heavy (non-hydrogen) atoms. The minimum absolute atomic E-state index is 0.384. The Morgan fingerprint density at radius 1 is 1.64 bits per heavy atom. The molecular formula is C7H9ClO2S. The SMILES string of the molecule is CS(=O)(=O)C1C=CC(Cl)=CC1. The van der Waals surface area contributed by atoms with Gasteiger partial charge in [-0.2, -0.15) is 0 Å². The van der Waals surface area contributed by atoms with Gasteiger partial charge >= 0.3 is 0 Å². The number of halogens is 1. The van der Waals surface area contributed by atoms with E-state index < -0.39 is 9.84 Å². The molecule has 1 aliphatic rings. The summed E-state index contributed by atoms with van der Waals surface area (Å²) in [5.41, 5.74) is 0. The normalized spacial score (nSPS) is 24.9. The molecule has 2 nitrogen and oxygen atoms in total. The van der Waals surface area contributed by atoms with Crippen molar-refractivity contribution in [2.24, 2.45) is 0 Å². The summed E-state index contributed by atoms with van der Waals surface area (Å²) in [7, 11) is -2.94. The molecule has 0 bridgehead atoms. The zero-order valence-electron chi connectivity index (χ0n) is 6.12. The highest BCUT2D eigenvalue weighted by Gasteiger charge is 2.18. The fourth-order valence-electron chi connectivity index (χ4n) is 0.892. The Kier molecular flexibility index (Phi) is 2.40. The largest absolute Gasteiger partial charge is 0.229 e. The molecule has 0 aromatic heterocycles. The van der Waals surface area contributed by atoms with Crippen LogP contribution in [0, 0.1) is 0 Å². The minimum Gasteiger partial charge on any atom is -0.229 e. The fraction of sp³-hybridized carbons (Fsp3) is 0.429. The first-order chi connectivity index (χ1) is 5.00. The van der Waals surface area contributed by atoms with Crippen LogP contribution in [0.4, 0.5) is 0 Å². The molecule has 0 aliphatic heterocycles. The van der Waals surface area contributed by atoms with Gasteiger partial charge in [-0.3, -0.25) is 0 Å². The van der Waals surface area contributed by atoms with Crippen molar-refractivity contribution >= 4 is 21.4 Å². The number of rotatable bonds is 1. The molecule has 1 rings (SSSR count). The molecule has 62 valence electrons. The first-order valence-corrected chi connectivity index (χ1v) is 5.56. The van der Waals surface area contributed by atoms with E-state index in [1.165, 1.54) is 6.26 Å². The second-order valence-electron chi connectivity index (χ2n) is 2.55. The summed E-state index contributed by atoms with van der Waals surface area (Å²) in [6.07, 6.45) is 6.69. The van der Waals surface area contributed by atoms with Crippen molar-refractivity contribution in [2.75, 3.05) is 6.26 Å². The maximum Gasteiger partial charge on any atom is 0.154 e. The van der Waals surface area contributed by atoms with Gasteiger partial charge in [-0.25, -0.2) is 8.42 Å². The summed E-state index contributed by atoms with van der Waals surface area (Å²) in [5.74, 6) is 0. The first kappa shape index (κ1) is 8.81. The Hall–Kier alpha value is -0.280. The molecule has 0 radical (unpaired) electrons. The molecule has 4 heteroatoms. The molecule has 0 spiro atoms. The summed E-state index contributed by atoms with van der Waals surface area (Å²) in [6, 6.07) is 0. The third-order valence-corrected chi connectivity index (χ3v) is 3.29. The molecule has 0 aromatic carbocycles. The van der Waals surface area contributed by atoms with Gasteiger partial charge in [0.2, 0.25) is 0 Å². The third-order valence-electron chi connectivity index (χ3n) is 1.57. The Labute approximate surface area is 71.5 Å². The first-order valence-electron chi connectivity index (χ1n) is 3.23. The van der Waals surface area contributed by atoms with Crippen LogP contribution in [0.5, 0.6) is 0 Å². The summed E-state index contributed by atoms with van der Waals surface area (Å²) >= 11 is 5.61. The second kappa shape index (κ2) is 2.99. The number of hydrogen-bond acceptors (Lipinski definition) is 2. The third kappa shape index (κ3) is 2.34. The van der Waals surface area contributed by atoms with Gasteiger partial charge in [0.25, 0.3) is 0 Å². The van der Waals surface area contributed by atoms with Crippen molar-refractivity contribution in [2.45, 2.75) is 11.7 Å². The van der Waals surface area contributed by atoms with Gasteiger partial charge < -0.3 is 0 Å². The molecule has 0 fully saturated rings. The maximum absolute atomic E-state index is 11.0. The zero-order chi connectivity index (χ0) is 8.48. The zero-order valence-corrected chi connectivity index (χ0v) is 7.69. The van der Waals surface area contributed by atoms with Crippen LogP contribution in [0.2, 0.25) is 0 Å². The maximum atomic E-state index is 11.0. The molecule has 1 atom stereocenters. The van der Waals surface area contributed by atoms with E-state index in [9.17, 15) is 8.42 Å². The molecule has 0 heterocycles. The highest BCUT2D eigenvalue weighted by atomic mass is 35.5. The van der Waals surface area contributed by atoms with Crippen LogP contribution < -0.4 is 0 Å². The standard InChI is InChI=1S/C7H9ClO2S/c1-11(9,10)7-4-2-6(8)3-5-7/h2-4,7H,5H2,1H3. The van der Waals surface area contributed by atoms with Crippen molar-refractivity contribution in [3.8, 4) is 0 Å². The minimum atomic E-state index is -2.94. The van der Waals surface area contributed by atoms with Crippen LogP contribution in [0.3, 0.4) is 0 Å². The van der Waals surface area contributed by atoms with E-state index in [0.29, 0.717) is 11.5 Å². The molecule has 0 saturated carbocycles. The summed E-state index contributed by atoms with van der Waals surface area (Å²) < 4.78 is 21.9. The topological polar surface area (TPSA) is 34.1 Å². The van der Waals surface area contributed by atoms with E-state index in [4.69, 9.17) is 11.6 Å². The van der Waals surface area contributed by atoms with Gasteiger partial charge in [0.15, 0.2) is 9.84 Å². The lowest BCUT2D eigenvalue weighted by Gasteiger charge is -2.10. The van der Waals surface area contributed by atoms with Crippen LogP contribution in [-0.2, 0) is 9.84 Å². The average Bonchev–Trinajstić information content (AvgIpc) is 1.86. The highest BCUT2D eigenvalue weighted by molar-refractivity contribution is 7.91. The summed E-state index contributed by atoms with van der Waals surface area (Å²) in [4.78, 5) is 0. The predicted molar refractivity (Wildman–Crippen MR) is 46.3 cm³/mol. The van der Waals surface area contributed by atoms with Crippen molar-refractivity contribution in [1.29, 1.82) is 0 Å². The Morgan fingerprint density at radius 3 is 2.64 bits per heavy atom. The van der Waals surface area contributed by atoms with Crippen LogP contribution >= 0.6 is 11.6 Å². The lowest BCUT2D eigenvalue weighted by atomic mass is 10.2. The average molecular weight is 193 g/mol. The van der Waals surface area contributed by atoms with Crippen molar-refractivity contribution in [3.05, 3.63) is 23.3 Å². The van der Waals surface area contributed by atoms with Gasteiger partial charge in [-0.15, -0.1) is 0 Å². The van der Waals surface area contributed by atoms with Gasteiger partial charge in [0.05, 0.1) is 5.25 Å². The van der Waals surface area contributed by atoms with E-state index in [1.54, 1.807) is 18.2 Å². The quantitative estimate of drug-likeness (QED) is 0.631. The molecule has 1 unspecified atom stereocenters. The molecule has 0 amide bonds. The lowest BCUT2D eigenvalue weighted by Crippen LogP contribution is -2.17. The van der Waals surface area contributed by atoms with Crippen LogP contribution in [0.1, 0.15) is 6.42 Å². The van der Waals surface area contributed by atoms with Crippen LogP contribution in [-0.4, -0.2) is 19.9 Å². The lowest BCUT2D eigenvalue weighted by molar-refractivity contribution is 0.594. The van der Waals surface area contributed by atoms with Crippen LogP contribution in [0.25, 0.3) is 0 Å². The van der Waals surface area contributed by atoms with E-state index in [0.717, 1.165) is 0 Å². The van der Waals surface area contributed by atoms with E-state index in [-0.39, 0.29) is 5.25 Å². The Balaban J connectivity index is 2.79. The molecule has 0 aromatic rings. The number of sulfone groups is 1. The van der Waals surface area contributed by atoms with Gasteiger partial charge in [0.1, 0.15) is 0 Å². The predicted octanol–water partition coefficient (Wildman–Crippen LogP) is 1.48. The van der Waals surface area contributed by atoms with Gasteiger partial charge in [-0.05, 0) is 12.5 Å². The van der Waals surface area contributed by atoms with Gasteiger partial charge in [-0.1, -0.05) is 23.8 Å². The Morgan fingerprint density at radius 2 is 2.27 bits per heavy atom. The molecule has 0 saturated heterocycles. The smallest absolute Gasteiger partial charge is 0.154 e. The summed E-state index contributed by atoms with van der Waals surface area (Å²) in [5, 5.41) is 0.231. The number of allylic oxidation sites excluding steroid dienone is 3.